The Morgan fingerprint density at radius 3 is 2.56 bits per heavy atom. The van der Waals surface area contributed by atoms with E-state index in [4.69, 9.17) is 24.7 Å². The van der Waals surface area contributed by atoms with Crippen LogP contribution in [0.3, 0.4) is 0 Å². The maximum atomic E-state index is 13.2. The van der Waals surface area contributed by atoms with E-state index in [1.54, 1.807) is 60.7 Å². The molecular formula is C33H27FN2O5. The average molecular weight is 551 g/mol. The number of hydrogen-bond acceptors (Lipinski definition) is 7. The fraction of sp³-hybridized carbons (Fsp3) is 0.152. The lowest BCUT2D eigenvalue weighted by atomic mass is 9.83. The minimum absolute atomic E-state index is 0.0376. The summed E-state index contributed by atoms with van der Waals surface area (Å²) in [5, 5.41) is 9.94. The summed E-state index contributed by atoms with van der Waals surface area (Å²) in [6, 6.07) is 27.4. The van der Waals surface area contributed by atoms with Gasteiger partial charge in [-0.15, -0.1) is 0 Å². The maximum Gasteiger partial charge on any atom is 0.347 e. The second-order valence-corrected chi connectivity index (χ2v) is 9.35. The molecule has 4 aromatic rings. The van der Waals surface area contributed by atoms with Gasteiger partial charge in [0.2, 0.25) is 5.88 Å². The lowest BCUT2D eigenvalue weighted by Crippen LogP contribution is -2.21. The van der Waals surface area contributed by atoms with Gasteiger partial charge in [0.15, 0.2) is 0 Å². The summed E-state index contributed by atoms with van der Waals surface area (Å²) in [5.74, 6) is 0.177. The van der Waals surface area contributed by atoms with Crippen LogP contribution in [0, 0.1) is 17.1 Å². The number of nitriles is 1. The van der Waals surface area contributed by atoms with Crippen molar-refractivity contribution in [2.24, 2.45) is 5.73 Å². The van der Waals surface area contributed by atoms with Crippen LogP contribution in [0.15, 0.2) is 102 Å². The number of nitrogens with zero attached hydrogens (tertiary/aromatic N) is 1. The maximum absolute atomic E-state index is 13.2. The predicted octanol–water partition coefficient (Wildman–Crippen LogP) is 6.63. The molecule has 0 radical (unpaired) electrons. The molecule has 0 saturated heterocycles. The Balaban J connectivity index is 1.40. The van der Waals surface area contributed by atoms with Crippen LogP contribution in [0.25, 0.3) is 0 Å². The third-order valence-electron chi connectivity index (χ3n) is 6.48. The van der Waals surface area contributed by atoms with Gasteiger partial charge in [-0.05, 0) is 60.0 Å². The summed E-state index contributed by atoms with van der Waals surface area (Å²) in [4.78, 5) is 13.0. The quantitative estimate of drug-likeness (QED) is 0.184. The molecule has 206 valence electrons. The Labute approximate surface area is 237 Å². The molecule has 1 heterocycles. The second kappa shape index (κ2) is 12.3. The summed E-state index contributed by atoms with van der Waals surface area (Å²) in [6.45, 7) is 2.71. The lowest BCUT2D eigenvalue weighted by Gasteiger charge is -2.27. The van der Waals surface area contributed by atoms with Crippen molar-refractivity contribution in [3.05, 3.63) is 131 Å². The number of para-hydroxylation sites is 1. The molecule has 5 rings (SSSR count). The molecule has 0 aliphatic carbocycles. The van der Waals surface area contributed by atoms with Crippen molar-refractivity contribution in [3.63, 3.8) is 0 Å². The van der Waals surface area contributed by atoms with Crippen molar-refractivity contribution in [1.29, 1.82) is 5.26 Å². The van der Waals surface area contributed by atoms with Crippen LogP contribution in [0.2, 0.25) is 0 Å². The first-order valence-electron chi connectivity index (χ1n) is 13.1. The monoisotopic (exact) mass is 550 g/mol. The number of carbonyl (C=O) groups is 1. The molecular weight excluding hydrogens is 523 g/mol. The number of allylic oxidation sites excluding steroid dienone is 1. The highest BCUT2D eigenvalue weighted by molar-refractivity contribution is 5.94. The number of nitrogens with two attached hydrogens (primary N) is 1. The highest BCUT2D eigenvalue weighted by atomic mass is 19.1. The molecule has 2 N–H and O–H groups in total. The molecule has 0 aromatic heterocycles. The van der Waals surface area contributed by atoms with Crippen LogP contribution < -0.4 is 24.7 Å². The molecule has 8 heteroatoms. The lowest BCUT2D eigenvalue weighted by molar-refractivity contribution is 0.0730. The normalized spacial score (nSPS) is 13.9. The summed E-state index contributed by atoms with van der Waals surface area (Å²) >= 11 is 0. The number of fused-ring (bicyclic) bond motifs is 1. The summed E-state index contributed by atoms with van der Waals surface area (Å²) < 4.78 is 36.3. The number of esters is 1. The first kappa shape index (κ1) is 27.3. The first-order valence-corrected chi connectivity index (χ1v) is 13.1. The van der Waals surface area contributed by atoms with Crippen LogP contribution in [0.1, 0.15) is 46.3 Å². The molecule has 0 amide bonds. The van der Waals surface area contributed by atoms with Gasteiger partial charge in [-0.3, -0.25) is 0 Å². The van der Waals surface area contributed by atoms with Crippen molar-refractivity contribution in [1.82, 2.24) is 0 Å². The molecule has 0 bridgehead atoms. The number of benzene rings is 4. The van der Waals surface area contributed by atoms with Gasteiger partial charge in [0, 0.05) is 11.6 Å². The molecule has 1 aliphatic heterocycles. The van der Waals surface area contributed by atoms with E-state index in [1.807, 2.05) is 25.1 Å². The van der Waals surface area contributed by atoms with Crippen molar-refractivity contribution < 1.29 is 28.1 Å². The third kappa shape index (κ3) is 6.15. The Hall–Kier alpha value is -5.29. The number of rotatable bonds is 9. The molecule has 1 atom stereocenters. The van der Waals surface area contributed by atoms with Gasteiger partial charge >= 0.3 is 5.97 Å². The summed E-state index contributed by atoms with van der Waals surface area (Å²) in [7, 11) is 0. The van der Waals surface area contributed by atoms with Crippen molar-refractivity contribution in [2.75, 3.05) is 6.61 Å². The molecule has 1 unspecified atom stereocenters. The van der Waals surface area contributed by atoms with E-state index in [9.17, 15) is 14.4 Å². The van der Waals surface area contributed by atoms with Crippen LogP contribution in [0.5, 0.6) is 23.0 Å². The molecule has 4 aromatic carbocycles. The fourth-order valence-electron chi connectivity index (χ4n) is 4.51. The van der Waals surface area contributed by atoms with Gasteiger partial charge in [0.05, 0.1) is 12.5 Å². The zero-order valence-corrected chi connectivity index (χ0v) is 22.3. The average Bonchev–Trinajstić information content (AvgIpc) is 2.99. The summed E-state index contributed by atoms with van der Waals surface area (Å²) in [5.41, 5.74) is 8.99. The van der Waals surface area contributed by atoms with Gasteiger partial charge in [-0.2, -0.15) is 5.26 Å². The largest absolute Gasteiger partial charge is 0.493 e. The van der Waals surface area contributed by atoms with E-state index in [-0.39, 0.29) is 29.6 Å². The van der Waals surface area contributed by atoms with Crippen molar-refractivity contribution in [3.8, 4) is 29.1 Å². The van der Waals surface area contributed by atoms with E-state index >= 15 is 0 Å². The van der Waals surface area contributed by atoms with Crippen molar-refractivity contribution >= 4 is 5.97 Å². The molecule has 41 heavy (non-hydrogen) atoms. The molecule has 7 nitrogen and oxygen atoms in total. The first-order chi connectivity index (χ1) is 20.0. The van der Waals surface area contributed by atoms with E-state index in [0.717, 1.165) is 17.5 Å². The third-order valence-corrected chi connectivity index (χ3v) is 6.48. The van der Waals surface area contributed by atoms with Gasteiger partial charge in [-0.1, -0.05) is 49.4 Å². The van der Waals surface area contributed by atoms with Crippen LogP contribution in [-0.4, -0.2) is 12.6 Å². The standard InChI is InChI=1S/C33H27FN2O5/c1-2-16-38-29-9-4-3-8-27(29)33(37)40-25-14-15-26-30(18-25)41-32(36)28(19-35)31(26)22-6-5-7-24(17-22)39-20-21-10-12-23(34)13-11-21/h3-15,17-18,31H,2,16,20,36H2,1H3. The van der Waals surface area contributed by atoms with Crippen LogP contribution in [-0.2, 0) is 6.61 Å². The number of ether oxygens (including phenoxy) is 4. The Bertz CT molecular complexity index is 1640. The van der Waals surface area contributed by atoms with E-state index in [1.165, 1.54) is 12.1 Å². The van der Waals surface area contributed by atoms with E-state index in [2.05, 4.69) is 6.07 Å². The van der Waals surface area contributed by atoms with Crippen molar-refractivity contribution in [2.45, 2.75) is 25.9 Å². The van der Waals surface area contributed by atoms with Gasteiger partial charge in [-0.25, -0.2) is 9.18 Å². The fourth-order valence-corrected chi connectivity index (χ4v) is 4.51. The summed E-state index contributed by atoms with van der Waals surface area (Å²) in [6.07, 6.45) is 0.801. The Morgan fingerprint density at radius 2 is 1.78 bits per heavy atom. The van der Waals surface area contributed by atoms with E-state index in [0.29, 0.717) is 35.0 Å². The van der Waals surface area contributed by atoms with Crippen LogP contribution in [0.4, 0.5) is 4.39 Å². The number of halogens is 1. The zero-order valence-electron chi connectivity index (χ0n) is 22.3. The topological polar surface area (TPSA) is 104 Å². The molecule has 1 aliphatic rings. The SMILES string of the molecule is CCCOc1ccccc1C(=O)Oc1ccc2c(c1)OC(N)=C(C#N)C2c1cccc(OCc2ccc(F)cc2)c1. The van der Waals surface area contributed by atoms with E-state index < -0.39 is 11.9 Å². The minimum atomic E-state index is -0.573. The smallest absolute Gasteiger partial charge is 0.347 e. The molecule has 0 spiro atoms. The van der Waals surface area contributed by atoms with Gasteiger partial charge in [0.25, 0.3) is 0 Å². The highest BCUT2D eigenvalue weighted by Crippen LogP contribution is 2.44. The number of hydrogen-bond donors (Lipinski definition) is 1. The Morgan fingerprint density at radius 1 is 0.976 bits per heavy atom. The minimum Gasteiger partial charge on any atom is -0.493 e. The molecule has 0 fully saturated rings. The second-order valence-electron chi connectivity index (χ2n) is 9.35. The zero-order chi connectivity index (χ0) is 28.8. The predicted molar refractivity (Wildman–Crippen MR) is 150 cm³/mol. The van der Waals surface area contributed by atoms with Crippen LogP contribution >= 0.6 is 0 Å². The molecule has 0 saturated carbocycles. The van der Waals surface area contributed by atoms with Gasteiger partial charge < -0.3 is 24.7 Å². The highest BCUT2D eigenvalue weighted by Gasteiger charge is 2.31. The number of carbonyl (C=O) groups excluding carboxylic acids is 1. The van der Waals surface area contributed by atoms with Gasteiger partial charge in [0.1, 0.15) is 52.6 Å². The Kier molecular flexibility index (Phi) is 8.16.